The fourth-order valence-electron chi connectivity index (χ4n) is 3.23. The van der Waals surface area contributed by atoms with Crippen LogP contribution in [0.15, 0.2) is 88.1 Å². The standard InChI is InChI=1S/C25H20ClNO4/c1-2-20(25(29)27-18-8-4-3-5-9-18)30-24-22(28)19-10-6-7-11-21(19)31-23(24)16-12-14-17(26)15-13-16/h3-15,20H,2H2,1H3,(H,27,29). The molecule has 31 heavy (non-hydrogen) atoms. The third kappa shape index (κ3) is 4.47. The molecule has 0 spiro atoms. The lowest BCUT2D eigenvalue weighted by atomic mass is 10.1. The minimum absolute atomic E-state index is 0.00363. The van der Waals surface area contributed by atoms with Gasteiger partial charge < -0.3 is 14.5 Å². The highest BCUT2D eigenvalue weighted by Crippen LogP contribution is 2.32. The van der Waals surface area contributed by atoms with Crippen molar-refractivity contribution in [1.29, 1.82) is 0 Å². The van der Waals surface area contributed by atoms with E-state index in [1.165, 1.54) is 0 Å². The number of benzene rings is 3. The van der Waals surface area contributed by atoms with Gasteiger partial charge in [0, 0.05) is 16.3 Å². The molecule has 0 aliphatic carbocycles. The number of hydrogen-bond acceptors (Lipinski definition) is 4. The minimum atomic E-state index is -0.879. The average molecular weight is 434 g/mol. The smallest absolute Gasteiger partial charge is 0.265 e. The van der Waals surface area contributed by atoms with Gasteiger partial charge in [0.2, 0.25) is 11.2 Å². The molecule has 0 bridgehead atoms. The predicted molar refractivity (Wildman–Crippen MR) is 123 cm³/mol. The minimum Gasteiger partial charge on any atom is -0.473 e. The summed E-state index contributed by atoms with van der Waals surface area (Å²) in [5, 5.41) is 3.76. The van der Waals surface area contributed by atoms with Crippen molar-refractivity contribution >= 4 is 34.2 Å². The van der Waals surface area contributed by atoms with Crippen LogP contribution in [0.25, 0.3) is 22.3 Å². The van der Waals surface area contributed by atoms with E-state index in [0.29, 0.717) is 33.7 Å². The zero-order valence-corrected chi connectivity index (χ0v) is 17.6. The van der Waals surface area contributed by atoms with Crippen molar-refractivity contribution in [2.24, 2.45) is 0 Å². The highest BCUT2D eigenvalue weighted by molar-refractivity contribution is 6.30. The Morgan fingerprint density at radius 1 is 1.00 bits per heavy atom. The zero-order chi connectivity index (χ0) is 21.8. The number of amides is 1. The Kier molecular flexibility index (Phi) is 6.05. The third-order valence-corrected chi connectivity index (χ3v) is 5.08. The van der Waals surface area contributed by atoms with E-state index >= 15 is 0 Å². The number of hydrogen-bond donors (Lipinski definition) is 1. The number of carbonyl (C=O) groups is 1. The Labute approximate surface area is 184 Å². The van der Waals surface area contributed by atoms with Gasteiger partial charge in [-0.3, -0.25) is 9.59 Å². The molecule has 0 radical (unpaired) electrons. The highest BCUT2D eigenvalue weighted by atomic mass is 35.5. The molecule has 3 aromatic carbocycles. The Hall–Kier alpha value is -3.57. The van der Waals surface area contributed by atoms with Gasteiger partial charge >= 0.3 is 0 Å². The predicted octanol–water partition coefficient (Wildman–Crippen LogP) is 5.91. The molecule has 6 heteroatoms. The van der Waals surface area contributed by atoms with Gasteiger partial charge in [0.25, 0.3) is 5.91 Å². The molecule has 0 saturated heterocycles. The first-order valence-corrected chi connectivity index (χ1v) is 10.3. The summed E-state index contributed by atoms with van der Waals surface area (Å²) in [5.41, 5.74) is 1.38. The number of anilines is 1. The van der Waals surface area contributed by atoms with Crippen LogP contribution in [0.5, 0.6) is 5.75 Å². The molecule has 0 saturated carbocycles. The molecule has 4 aromatic rings. The van der Waals surface area contributed by atoms with Crippen molar-refractivity contribution in [3.8, 4) is 17.1 Å². The van der Waals surface area contributed by atoms with Crippen LogP contribution < -0.4 is 15.5 Å². The molecule has 156 valence electrons. The molecule has 0 aliphatic rings. The lowest BCUT2D eigenvalue weighted by molar-refractivity contribution is -0.122. The van der Waals surface area contributed by atoms with E-state index in [2.05, 4.69) is 5.32 Å². The largest absolute Gasteiger partial charge is 0.473 e. The monoisotopic (exact) mass is 433 g/mol. The maximum absolute atomic E-state index is 13.3. The van der Waals surface area contributed by atoms with Crippen LogP contribution >= 0.6 is 11.6 Å². The second-order valence-corrected chi connectivity index (χ2v) is 7.40. The quantitative estimate of drug-likeness (QED) is 0.410. The molecule has 0 aliphatic heterocycles. The molecule has 1 aromatic heterocycles. The number of halogens is 1. The molecule has 1 heterocycles. The van der Waals surface area contributed by atoms with Crippen molar-refractivity contribution < 1.29 is 13.9 Å². The van der Waals surface area contributed by atoms with E-state index in [1.54, 1.807) is 60.7 Å². The fourth-order valence-corrected chi connectivity index (χ4v) is 3.36. The third-order valence-electron chi connectivity index (χ3n) is 4.83. The van der Waals surface area contributed by atoms with E-state index in [4.69, 9.17) is 20.8 Å². The topological polar surface area (TPSA) is 68.5 Å². The Morgan fingerprint density at radius 2 is 1.68 bits per heavy atom. The lowest BCUT2D eigenvalue weighted by Gasteiger charge is -2.19. The van der Waals surface area contributed by atoms with E-state index < -0.39 is 6.10 Å². The van der Waals surface area contributed by atoms with E-state index in [-0.39, 0.29) is 22.8 Å². The molecule has 5 nitrogen and oxygen atoms in total. The Balaban J connectivity index is 1.76. The normalized spacial score (nSPS) is 11.8. The van der Waals surface area contributed by atoms with E-state index in [0.717, 1.165) is 0 Å². The summed E-state index contributed by atoms with van der Waals surface area (Å²) in [5.74, 6) is -0.0919. The maximum atomic E-state index is 13.3. The van der Waals surface area contributed by atoms with Gasteiger partial charge in [-0.2, -0.15) is 0 Å². The Morgan fingerprint density at radius 3 is 2.39 bits per heavy atom. The zero-order valence-electron chi connectivity index (χ0n) is 16.8. The average Bonchev–Trinajstić information content (AvgIpc) is 2.79. The van der Waals surface area contributed by atoms with Crippen LogP contribution in [0.4, 0.5) is 5.69 Å². The SMILES string of the molecule is CCC(Oc1c(-c2ccc(Cl)cc2)oc2ccccc2c1=O)C(=O)Nc1ccccc1. The van der Waals surface area contributed by atoms with Crippen LogP contribution in [0, 0.1) is 0 Å². The molecule has 1 unspecified atom stereocenters. The Bertz CT molecular complexity index is 1270. The molecule has 4 rings (SSSR count). The van der Waals surface area contributed by atoms with Gasteiger partial charge in [-0.05, 0) is 55.0 Å². The summed E-state index contributed by atoms with van der Waals surface area (Å²) in [4.78, 5) is 26.1. The summed E-state index contributed by atoms with van der Waals surface area (Å²) >= 11 is 6.01. The first-order valence-electron chi connectivity index (χ1n) is 9.91. The van der Waals surface area contributed by atoms with Gasteiger partial charge in [0.05, 0.1) is 5.39 Å². The molecule has 1 amide bonds. The summed E-state index contributed by atoms with van der Waals surface area (Å²) in [7, 11) is 0. The van der Waals surface area contributed by atoms with Crippen molar-refractivity contribution in [2.75, 3.05) is 5.32 Å². The number of fused-ring (bicyclic) bond motifs is 1. The van der Waals surface area contributed by atoms with Crippen molar-refractivity contribution in [1.82, 2.24) is 0 Å². The van der Waals surface area contributed by atoms with Crippen molar-refractivity contribution in [3.05, 3.63) is 94.1 Å². The summed E-state index contributed by atoms with van der Waals surface area (Å²) in [6.45, 7) is 1.82. The van der Waals surface area contributed by atoms with Crippen LogP contribution in [-0.4, -0.2) is 12.0 Å². The molecule has 1 atom stereocenters. The van der Waals surface area contributed by atoms with Gasteiger partial charge in [-0.15, -0.1) is 0 Å². The van der Waals surface area contributed by atoms with E-state index in [9.17, 15) is 9.59 Å². The number of carbonyl (C=O) groups excluding carboxylic acids is 1. The van der Waals surface area contributed by atoms with E-state index in [1.807, 2.05) is 25.1 Å². The molecular weight excluding hydrogens is 414 g/mol. The number of para-hydroxylation sites is 2. The first kappa shape index (κ1) is 20.7. The van der Waals surface area contributed by atoms with Crippen LogP contribution in [-0.2, 0) is 4.79 Å². The number of ether oxygens (including phenoxy) is 1. The summed E-state index contributed by atoms with van der Waals surface area (Å²) < 4.78 is 12.0. The van der Waals surface area contributed by atoms with Crippen LogP contribution in [0.1, 0.15) is 13.3 Å². The van der Waals surface area contributed by atoms with Gasteiger partial charge in [0.1, 0.15) is 5.58 Å². The van der Waals surface area contributed by atoms with Gasteiger partial charge in [0.15, 0.2) is 11.9 Å². The summed E-state index contributed by atoms with van der Waals surface area (Å²) in [6, 6.07) is 22.9. The fraction of sp³-hybridized carbons (Fsp3) is 0.120. The van der Waals surface area contributed by atoms with Crippen LogP contribution in [0.3, 0.4) is 0 Å². The van der Waals surface area contributed by atoms with Gasteiger partial charge in [-0.25, -0.2) is 0 Å². The molecule has 1 N–H and O–H groups in total. The van der Waals surface area contributed by atoms with Crippen LogP contribution in [0.2, 0.25) is 5.02 Å². The molecule has 0 fully saturated rings. The number of nitrogens with one attached hydrogen (secondary N) is 1. The molecular formula is C25H20ClNO4. The summed E-state index contributed by atoms with van der Waals surface area (Å²) in [6.07, 6.45) is -0.513. The van der Waals surface area contributed by atoms with Crippen molar-refractivity contribution in [2.45, 2.75) is 19.4 Å². The second kappa shape index (κ2) is 9.06. The lowest BCUT2D eigenvalue weighted by Crippen LogP contribution is -2.34. The number of rotatable bonds is 6. The maximum Gasteiger partial charge on any atom is 0.265 e. The second-order valence-electron chi connectivity index (χ2n) is 6.96. The van der Waals surface area contributed by atoms with Gasteiger partial charge in [-0.1, -0.05) is 48.9 Å². The van der Waals surface area contributed by atoms with Crippen molar-refractivity contribution in [3.63, 3.8) is 0 Å². The first-order chi connectivity index (χ1) is 15.1. The highest BCUT2D eigenvalue weighted by Gasteiger charge is 2.25.